The van der Waals surface area contributed by atoms with Crippen LogP contribution in [-0.2, 0) is 0 Å². The van der Waals surface area contributed by atoms with Gasteiger partial charge in [-0.2, -0.15) is 18.2 Å². The van der Waals surface area contributed by atoms with Crippen LogP contribution in [0.3, 0.4) is 0 Å². The van der Waals surface area contributed by atoms with Crippen LogP contribution in [0.25, 0.3) is 22.4 Å². The molecular formula is C20H18F4N6O. The minimum Gasteiger partial charge on any atom is -0.387 e. The van der Waals surface area contributed by atoms with Crippen LogP contribution >= 0.6 is 0 Å². The van der Waals surface area contributed by atoms with E-state index in [0.717, 1.165) is 0 Å². The van der Waals surface area contributed by atoms with E-state index in [4.69, 9.17) is 11.5 Å². The van der Waals surface area contributed by atoms with Crippen LogP contribution in [0, 0.1) is 12.7 Å². The summed E-state index contributed by atoms with van der Waals surface area (Å²) < 4.78 is 51.0. The van der Waals surface area contributed by atoms with Crippen molar-refractivity contribution in [3.05, 3.63) is 58.3 Å². The average Bonchev–Trinajstić information content (AvgIpc) is 2.68. The number of hydrogen-bond acceptors (Lipinski definition) is 5. The number of aryl methyl sites for hydroxylation is 1. The Morgan fingerprint density at radius 3 is 2.45 bits per heavy atom. The SMILES string of the molecule is Cc1cc(-c2c(N=C(N)CCC(F)(F)F)nc(N)nc2-c2ccc(F)cc2)c[nH]c1=O. The van der Waals surface area contributed by atoms with E-state index in [1.54, 1.807) is 13.0 Å². The summed E-state index contributed by atoms with van der Waals surface area (Å²) in [5.74, 6) is -1.05. The molecule has 2 aromatic heterocycles. The second-order valence-corrected chi connectivity index (χ2v) is 6.75. The lowest BCUT2D eigenvalue weighted by Crippen LogP contribution is -2.17. The van der Waals surface area contributed by atoms with Gasteiger partial charge >= 0.3 is 6.18 Å². The number of pyridine rings is 1. The number of hydrogen-bond donors (Lipinski definition) is 3. The topological polar surface area (TPSA) is 123 Å². The molecule has 3 rings (SSSR count). The summed E-state index contributed by atoms with van der Waals surface area (Å²) in [7, 11) is 0. The Labute approximate surface area is 173 Å². The van der Waals surface area contributed by atoms with Crippen molar-refractivity contribution in [2.24, 2.45) is 10.7 Å². The summed E-state index contributed by atoms with van der Waals surface area (Å²) in [6.07, 6.45) is -4.70. The van der Waals surface area contributed by atoms with Crippen molar-refractivity contribution in [3.63, 3.8) is 0 Å². The second kappa shape index (κ2) is 8.54. The quantitative estimate of drug-likeness (QED) is 0.320. The van der Waals surface area contributed by atoms with Gasteiger partial charge in [-0.1, -0.05) is 0 Å². The molecule has 11 heteroatoms. The minimum atomic E-state index is -4.40. The first-order chi connectivity index (χ1) is 14.5. The summed E-state index contributed by atoms with van der Waals surface area (Å²) >= 11 is 0. The van der Waals surface area contributed by atoms with E-state index in [1.807, 2.05) is 0 Å². The normalized spacial score (nSPS) is 12.2. The Morgan fingerprint density at radius 1 is 1.16 bits per heavy atom. The maximum absolute atomic E-state index is 13.4. The van der Waals surface area contributed by atoms with Crippen molar-refractivity contribution >= 4 is 17.6 Å². The van der Waals surface area contributed by atoms with Crippen LogP contribution in [0.15, 0.2) is 46.3 Å². The molecule has 0 amide bonds. The Hall–Kier alpha value is -3.76. The van der Waals surface area contributed by atoms with Crippen molar-refractivity contribution in [2.75, 3.05) is 5.73 Å². The molecule has 0 bridgehead atoms. The lowest BCUT2D eigenvalue weighted by molar-refractivity contribution is -0.132. The standard InChI is InChI=1S/C20H18F4N6O/c1-10-8-12(9-27-18(10)31)15-16(11-2-4-13(21)5-3-11)29-19(26)30-17(15)28-14(25)6-7-20(22,23)24/h2-5,8-9H,6-7H2,1H3,(H,27,31)(H4,25,26,28,29,30). The van der Waals surface area contributed by atoms with Crippen molar-refractivity contribution in [1.29, 1.82) is 0 Å². The van der Waals surface area contributed by atoms with Gasteiger partial charge in [-0.3, -0.25) is 4.79 Å². The molecule has 0 aliphatic carbocycles. The summed E-state index contributed by atoms with van der Waals surface area (Å²) in [4.78, 5) is 26.7. The molecule has 0 atom stereocenters. The number of benzene rings is 1. The number of nitrogens with two attached hydrogens (primary N) is 2. The lowest BCUT2D eigenvalue weighted by Gasteiger charge is -2.14. The molecule has 0 saturated heterocycles. The van der Waals surface area contributed by atoms with Gasteiger partial charge in [0, 0.05) is 29.3 Å². The summed E-state index contributed by atoms with van der Waals surface area (Å²) in [6.45, 7) is 1.58. The highest BCUT2D eigenvalue weighted by molar-refractivity contribution is 5.91. The zero-order chi connectivity index (χ0) is 22.8. The number of H-pyrrole nitrogens is 1. The first-order valence-corrected chi connectivity index (χ1v) is 9.06. The number of anilines is 1. The number of amidine groups is 1. The number of rotatable bonds is 5. The molecule has 0 unspecified atom stereocenters. The third-order valence-corrected chi connectivity index (χ3v) is 4.32. The van der Waals surface area contributed by atoms with Gasteiger partial charge in [0.1, 0.15) is 11.7 Å². The monoisotopic (exact) mass is 434 g/mol. The second-order valence-electron chi connectivity index (χ2n) is 6.75. The molecule has 5 N–H and O–H groups in total. The zero-order valence-corrected chi connectivity index (χ0v) is 16.3. The molecule has 2 heterocycles. The molecule has 0 radical (unpaired) electrons. The van der Waals surface area contributed by atoms with E-state index in [0.29, 0.717) is 16.7 Å². The minimum absolute atomic E-state index is 0.0713. The Bertz CT molecular complexity index is 1190. The van der Waals surface area contributed by atoms with Crippen LogP contribution in [-0.4, -0.2) is 27.0 Å². The predicted molar refractivity (Wildman–Crippen MR) is 109 cm³/mol. The molecule has 0 aliphatic heterocycles. The number of nitrogens with one attached hydrogen (secondary N) is 1. The van der Waals surface area contributed by atoms with Crippen molar-refractivity contribution in [2.45, 2.75) is 25.9 Å². The fraction of sp³-hybridized carbons (Fsp3) is 0.200. The van der Waals surface area contributed by atoms with Crippen LogP contribution in [0.2, 0.25) is 0 Å². The number of aromatic amines is 1. The number of aromatic nitrogens is 3. The highest BCUT2D eigenvalue weighted by atomic mass is 19.4. The zero-order valence-electron chi connectivity index (χ0n) is 16.3. The number of aliphatic imine (C=N–C) groups is 1. The van der Waals surface area contributed by atoms with E-state index in [1.165, 1.54) is 30.5 Å². The van der Waals surface area contributed by atoms with E-state index >= 15 is 0 Å². The summed E-state index contributed by atoms with van der Waals surface area (Å²) in [5, 5.41) is 0. The number of nitrogen functional groups attached to an aromatic ring is 1. The van der Waals surface area contributed by atoms with E-state index in [9.17, 15) is 22.4 Å². The lowest BCUT2D eigenvalue weighted by atomic mass is 10.00. The maximum Gasteiger partial charge on any atom is 0.389 e. The molecule has 0 saturated carbocycles. The highest BCUT2D eigenvalue weighted by Gasteiger charge is 2.27. The van der Waals surface area contributed by atoms with Crippen LogP contribution in [0.5, 0.6) is 0 Å². The fourth-order valence-electron chi connectivity index (χ4n) is 2.83. The Balaban J connectivity index is 2.23. The molecule has 7 nitrogen and oxygen atoms in total. The van der Waals surface area contributed by atoms with Gasteiger partial charge in [-0.25, -0.2) is 14.4 Å². The predicted octanol–water partition coefficient (Wildman–Crippen LogP) is 3.86. The van der Waals surface area contributed by atoms with Crippen molar-refractivity contribution in [3.8, 4) is 22.4 Å². The average molecular weight is 434 g/mol. The molecular weight excluding hydrogens is 416 g/mol. The number of halogens is 4. The number of nitrogens with zero attached hydrogens (tertiary/aromatic N) is 3. The smallest absolute Gasteiger partial charge is 0.387 e. The largest absolute Gasteiger partial charge is 0.389 e. The molecule has 3 aromatic rings. The van der Waals surface area contributed by atoms with Crippen LogP contribution < -0.4 is 17.0 Å². The van der Waals surface area contributed by atoms with Crippen LogP contribution in [0.1, 0.15) is 18.4 Å². The molecule has 31 heavy (non-hydrogen) atoms. The first-order valence-electron chi connectivity index (χ1n) is 9.06. The summed E-state index contributed by atoms with van der Waals surface area (Å²) in [5.41, 5.74) is 13.0. The van der Waals surface area contributed by atoms with Crippen molar-refractivity contribution < 1.29 is 17.6 Å². The summed E-state index contributed by atoms with van der Waals surface area (Å²) in [6, 6.07) is 6.90. The third kappa shape index (κ3) is 5.44. The maximum atomic E-state index is 13.4. The van der Waals surface area contributed by atoms with E-state index in [2.05, 4.69) is 19.9 Å². The molecule has 0 fully saturated rings. The van der Waals surface area contributed by atoms with Crippen molar-refractivity contribution in [1.82, 2.24) is 15.0 Å². The van der Waals surface area contributed by atoms with Gasteiger partial charge in [0.2, 0.25) is 5.95 Å². The molecule has 162 valence electrons. The Morgan fingerprint density at radius 2 is 1.84 bits per heavy atom. The van der Waals surface area contributed by atoms with E-state index in [-0.39, 0.29) is 34.4 Å². The Kier molecular flexibility index (Phi) is 6.04. The van der Waals surface area contributed by atoms with Gasteiger partial charge in [-0.15, -0.1) is 0 Å². The van der Waals surface area contributed by atoms with Gasteiger partial charge in [0.25, 0.3) is 5.56 Å². The first kappa shape index (κ1) is 21.9. The van der Waals surface area contributed by atoms with E-state index < -0.39 is 24.8 Å². The van der Waals surface area contributed by atoms with Crippen LogP contribution in [0.4, 0.5) is 29.3 Å². The highest BCUT2D eigenvalue weighted by Crippen LogP contribution is 2.37. The van der Waals surface area contributed by atoms with Gasteiger partial charge in [0.05, 0.1) is 17.7 Å². The fourth-order valence-corrected chi connectivity index (χ4v) is 2.83. The molecule has 1 aromatic carbocycles. The van der Waals surface area contributed by atoms with Gasteiger partial charge in [-0.05, 0) is 37.3 Å². The molecule has 0 aliphatic rings. The third-order valence-electron chi connectivity index (χ3n) is 4.32. The number of alkyl halides is 3. The molecule has 0 spiro atoms. The van der Waals surface area contributed by atoms with Gasteiger partial charge < -0.3 is 16.5 Å². The van der Waals surface area contributed by atoms with Gasteiger partial charge in [0.15, 0.2) is 5.82 Å².